The van der Waals surface area contributed by atoms with E-state index in [-0.39, 0.29) is 17.8 Å². The van der Waals surface area contributed by atoms with E-state index < -0.39 is 0 Å². The minimum atomic E-state index is -0.207. The summed E-state index contributed by atoms with van der Waals surface area (Å²) < 4.78 is 13.4. The van der Waals surface area contributed by atoms with Crippen molar-refractivity contribution in [2.24, 2.45) is 0 Å². The number of carbonyl (C=O) groups is 1. The third-order valence-corrected chi connectivity index (χ3v) is 5.79. The molecule has 3 aromatic rings. The molecule has 0 aliphatic heterocycles. The standard InChI is InChI=1S/C23H27FN4O/c1-2-28(23(29)22-14-21-20(27-22)10-5-11-25-21)19-9-4-8-18(13-19)26-15-16-6-3-7-17(24)12-16/h3,5-7,10-12,14,18-19,26-27H,2,4,8-9,13,15H2,1H3/t18?,19-/m0/s1. The van der Waals surface area contributed by atoms with Crippen LogP contribution in [0.4, 0.5) is 4.39 Å². The van der Waals surface area contributed by atoms with Gasteiger partial charge < -0.3 is 15.2 Å². The van der Waals surface area contributed by atoms with Crippen LogP contribution in [-0.4, -0.2) is 39.4 Å². The van der Waals surface area contributed by atoms with Crippen molar-refractivity contribution in [3.63, 3.8) is 0 Å². The van der Waals surface area contributed by atoms with Crippen LogP contribution in [-0.2, 0) is 6.54 Å². The molecule has 2 atom stereocenters. The molecule has 0 bridgehead atoms. The summed E-state index contributed by atoms with van der Waals surface area (Å²) in [6.45, 7) is 3.34. The minimum absolute atomic E-state index is 0.0290. The highest BCUT2D eigenvalue weighted by Gasteiger charge is 2.30. The fourth-order valence-electron chi connectivity index (χ4n) is 4.34. The highest BCUT2D eigenvalue weighted by atomic mass is 19.1. The van der Waals surface area contributed by atoms with Gasteiger partial charge in [-0.1, -0.05) is 12.1 Å². The first kappa shape index (κ1) is 19.6. The number of benzene rings is 1. The fraction of sp³-hybridized carbons (Fsp3) is 0.391. The number of nitrogens with zero attached hydrogens (tertiary/aromatic N) is 2. The Labute approximate surface area is 170 Å². The number of pyridine rings is 1. The number of aromatic nitrogens is 2. The Morgan fingerprint density at radius 1 is 1.28 bits per heavy atom. The molecule has 0 radical (unpaired) electrons. The molecule has 1 aliphatic rings. The molecule has 2 N–H and O–H groups in total. The first-order chi connectivity index (χ1) is 14.1. The molecule has 1 saturated carbocycles. The Balaban J connectivity index is 1.42. The van der Waals surface area contributed by atoms with Crippen molar-refractivity contribution in [3.05, 3.63) is 65.7 Å². The average Bonchev–Trinajstić information content (AvgIpc) is 3.17. The Hall–Kier alpha value is -2.73. The third-order valence-electron chi connectivity index (χ3n) is 5.79. The van der Waals surface area contributed by atoms with Crippen LogP contribution in [0.3, 0.4) is 0 Å². The largest absolute Gasteiger partial charge is 0.349 e. The van der Waals surface area contributed by atoms with Crippen LogP contribution in [0, 0.1) is 5.82 Å². The van der Waals surface area contributed by atoms with Gasteiger partial charge in [-0.2, -0.15) is 0 Å². The summed E-state index contributed by atoms with van der Waals surface area (Å²) in [6, 6.07) is 12.9. The summed E-state index contributed by atoms with van der Waals surface area (Å²) in [5, 5.41) is 3.55. The highest BCUT2D eigenvalue weighted by Crippen LogP contribution is 2.25. The van der Waals surface area contributed by atoms with E-state index >= 15 is 0 Å². The second-order valence-corrected chi connectivity index (χ2v) is 7.74. The number of nitrogens with one attached hydrogen (secondary N) is 2. The normalized spacial score (nSPS) is 19.4. The molecule has 1 amide bonds. The number of rotatable bonds is 6. The summed E-state index contributed by atoms with van der Waals surface area (Å²) in [6.07, 6.45) is 5.80. The number of fused-ring (bicyclic) bond motifs is 1. The number of amides is 1. The minimum Gasteiger partial charge on any atom is -0.349 e. The van der Waals surface area contributed by atoms with Gasteiger partial charge in [0.25, 0.3) is 5.91 Å². The molecule has 152 valence electrons. The maximum absolute atomic E-state index is 13.4. The van der Waals surface area contributed by atoms with Crippen molar-refractivity contribution in [2.75, 3.05) is 6.54 Å². The SMILES string of the molecule is CCN(C(=O)c1cc2ncccc2[nH]1)[C@H]1CCCC(NCc2cccc(F)c2)C1. The van der Waals surface area contributed by atoms with E-state index in [9.17, 15) is 9.18 Å². The van der Waals surface area contributed by atoms with Gasteiger partial charge in [-0.15, -0.1) is 0 Å². The molecule has 1 fully saturated rings. The molecule has 6 heteroatoms. The lowest BCUT2D eigenvalue weighted by molar-refractivity contribution is 0.0623. The van der Waals surface area contributed by atoms with Crippen LogP contribution in [0.2, 0.25) is 0 Å². The van der Waals surface area contributed by atoms with Crippen LogP contribution in [0.1, 0.15) is 48.7 Å². The van der Waals surface area contributed by atoms with E-state index in [4.69, 9.17) is 0 Å². The van der Waals surface area contributed by atoms with Crippen molar-refractivity contribution in [1.29, 1.82) is 0 Å². The lowest BCUT2D eigenvalue weighted by Gasteiger charge is -2.37. The summed E-state index contributed by atoms with van der Waals surface area (Å²) >= 11 is 0. The molecule has 2 heterocycles. The zero-order chi connectivity index (χ0) is 20.2. The van der Waals surface area contributed by atoms with Gasteiger partial charge in [0, 0.05) is 31.4 Å². The van der Waals surface area contributed by atoms with Gasteiger partial charge in [0.15, 0.2) is 0 Å². The molecule has 0 spiro atoms. The Morgan fingerprint density at radius 2 is 2.17 bits per heavy atom. The van der Waals surface area contributed by atoms with Gasteiger partial charge >= 0.3 is 0 Å². The monoisotopic (exact) mass is 394 g/mol. The topological polar surface area (TPSA) is 61.0 Å². The van der Waals surface area contributed by atoms with Crippen LogP contribution >= 0.6 is 0 Å². The summed E-state index contributed by atoms with van der Waals surface area (Å²) in [4.78, 5) is 22.7. The number of H-pyrrole nitrogens is 1. The van der Waals surface area contributed by atoms with Crippen molar-refractivity contribution < 1.29 is 9.18 Å². The Morgan fingerprint density at radius 3 is 2.97 bits per heavy atom. The molecular weight excluding hydrogens is 367 g/mol. The van der Waals surface area contributed by atoms with Crippen LogP contribution in [0.25, 0.3) is 11.0 Å². The van der Waals surface area contributed by atoms with E-state index in [1.54, 1.807) is 18.3 Å². The first-order valence-electron chi connectivity index (χ1n) is 10.4. The van der Waals surface area contributed by atoms with Crippen molar-refractivity contribution in [3.8, 4) is 0 Å². The maximum Gasteiger partial charge on any atom is 0.270 e. The molecule has 1 aliphatic carbocycles. The maximum atomic E-state index is 13.4. The van der Waals surface area contributed by atoms with Gasteiger partial charge in [-0.3, -0.25) is 9.78 Å². The van der Waals surface area contributed by atoms with Gasteiger partial charge in [-0.25, -0.2) is 4.39 Å². The average molecular weight is 394 g/mol. The van der Waals surface area contributed by atoms with Crippen LogP contribution < -0.4 is 5.32 Å². The third kappa shape index (κ3) is 4.48. The number of halogens is 1. The molecule has 29 heavy (non-hydrogen) atoms. The van der Waals surface area contributed by atoms with Crippen LogP contribution in [0.15, 0.2) is 48.7 Å². The molecule has 4 rings (SSSR count). The first-order valence-corrected chi connectivity index (χ1v) is 10.4. The molecule has 5 nitrogen and oxygen atoms in total. The molecule has 1 aromatic carbocycles. The fourth-order valence-corrected chi connectivity index (χ4v) is 4.34. The van der Waals surface area contributed by atoms with Crippen LogP contribution in [0.5, 0.6) is 0 Å². The van der Waals surface area contributed by atoms with E-state index in [2.05, 4.69) is 15.3 Å². The Kier molecular flexibility index (Phi) is 5.90. The van der Waals surface area contributed by atoms with Crippen molar-refractivity contribution >= 4 is 16.9 Å². The number of aromatic amines is 1. The summed E-state index contributed by atoms with van der Waals surface area (Å²) in [5.41, 5.74) is 3.23. The van der Waals surface area contributed by atoms with Gasteiger partial charge in [-0.05, 0) is 68.5 Å². The zero-order valence-electron chi connectivity index (χ0n) is 16.7. The lowest BCUT2D eigenvalue weighted by Crippen LogP contribution is -2.46. The van der Waals surface area contributed by atoms with Crippen molar-refractivity contribution in [2.45, 2.75) is 51.2 Å². The molecule has 0 saturated heterocycles. The summed E-state index contributed by atoms with van der Waals surface area (Å²) in [7, 11) is 0. The smallest absolute Gasteiger partial charge is 0.270 e. The zero-order valence-corrected chi connectivity index (χ0v) is 16.7. The van der Waals surface area contributed by atoms with E-state index in [0.717, 1.165) is 42.3 Å². The second kappa shape index (κ2) is 8.74. The molecule has 2 aromatic heterocycles. The predicted octanol–water partition coefficient (Wildman–Crippen LogP) is 4.27. The molecular formula is C23H27FN4O. The molecule has 1 unspecified atom stereocenters. The van der Waals surface area contributed by atoms with E-state index in [1.165, 1.54) is 6.07 Å². The highest BCUT2D eigenvalue weighted by molar-refractivity contribution is 5.97. The van der Waals surface area contributed by atoms with Gasteiger partial charge in [0.2, 0.25) is 0 Å². The lowest BCUT2D eigenvalue weighted by atomic mass is 9.89. The van der Waals surface area contributed by atoms with E-state index in [1.807, 2.05) is 36.1 Å². The number of hydrogen-bond acceptors (Lipinski definition) is 3. The van der Waals surface area contributed by atoms with Crippen molar-refractivity contribution in [1.82, 2.24) is 20.2 Å². The quantitative estimate of drug-likeness (QED) is 0.657. The van der Waals surface area contributed by atoms with E-state index in [0.29, 0.717) is 24.8 Å². The second-order valence-electron chi connectivity index (χ2n) is 7.74. The van der Waals surface area contributed by atoms with Gasteiger partial charge in [0.1, 0.15) is 11.5 Å². The predicted molar refractivity (Wildman–Crippen MR) is 112 cm³/mol. The summed E-state index contributed by atoms with van der Waals surface area (Å²) in [5.74, 6) is -0.178. The number of carbonyl (C=O) groups excluding carboxylic acids is 1. The van der Waals surface area contributed by atoms with Gasteiger partial charge in [0.05, 0.1) is 11.0 Å². The number of hydrogen-bond donors (Lipinski definition) is 2. The Bertz CT molecular complexity index is 953.